The molecule has 0 atom stereocenters. The zero-order chi connectivity index (χ0) is 49.4. The largest absolute Gasteiger partial charge is 0.309 e. The summed E-state index contributed by atoms with van der Waals surface area (Å²) in [6, 6.07) is 62.4. The molecule has 0 aliphatic carbocycles. The van der Waals surface area contributed by atoms with Crippen molar-refractivity contribution in [3.05, 3.63) is 169 Å². The van der Waals surface area contributed by atoms with Gasteiger partial charge in [0.15, 0.2) is 0 Å². The number of aryl methyl sites for hydroxylation is 2. The summed E-state index contributed by atoms with van der Waals surface area (Å²) in [5.41, 5.74) is 15.0. The third kappa shape index (κ3) is 7.79. The molecule has 0 aliphatic heterocycles. The van der Waals surface area contributed by atoms with E-state index in [1.807, 2.05) is 0 Å². The van der Waals surface area contributed by atoms with Gasteiger partial charge in [0.1, 0.15) is 0 Å². The van der Waals surface area contributed by atoms with Crippen LogP contribution in [0.1, 0.15) is 11.1 Å². The minimum atomic E-state index is -1.58. The molecule has 0 radical (unpaired) electrons. The Hall–Kier alpha value is -6.03. The molecular weight excluding hydrogens is 909 g/mol. The molecule has 0 amide bonds. The van der Waals surface area contributed by atoms with E-state index in [0.717, 1.165) is 0 Å². The number of fused-ring (bicyclic) bond motifs is 8. The quantitative estimate of drug-likeness (QED) is 0.106. The summed E-state index contributed by atoms with van der Waals surface area (Å²) in [6.07, 6.45) is 0. The maximum atomic E-state index is 2.55. The Kier molecular flexibility index (Phi) is 10.8. The smallest absolute Gasteiger partial charge is 0.0776 e. The molecular formula is C64H68N2Si4. The molecule has 9 aromatic carbocycles. The molecule has 11 aromatic rings. The number of nitrogens with zero attached hydrogens (tertiary/aromatic N) is 2. The first-order valence-corrected chi connectivity index (χ1v) is 39.4. The van der Waals surface area contributed by atoms with Crippen molar-refractivity contribution < 1.29 is 0 Å². The van der Waals surface area contributed by atoms with Crippen molar-refractivity contribution in [2.75, 3.05) is 0 Å². The second-order valence-corrected chi connectivity index (χ2v) is 44.9. The van der Waals surface area contributed by atoms with Crippen LogP contribution in [-0.2, 0) is 0 Å². The number of aromatic nitrogens is 2. The van der Waals surface area contributed by atoms with E-state index in [1.54, 1.807) is 0 Å². The van der Waals surface area contributed by atoms with Crippen molar-refractivity contribution in [2.24, 2.45) is 0 Å². The first kappa shape index (κ1) is 46.4. The lowest BCUT2D eigenvalue weighted by atomic mass is 9.85. The monoisotopic (exact) mass is 976 g/mol. The van der Waals surface area contributed by atoms with Crippen molar-refractivity contribution in [1.82, 2.24) is 9.13 Å². The van der Waals surface area contributed by atoms with Crippen molar-refractivity contribution in [1.29, 1.82) is 0 Å². The van der Waals surface area contributed by atoms with E-state index in [1.165, 1.54) is 131 Å². The highest BCUT2D eigenvalue weighted by atomic mass is 28.3. The zero-order valence-electron chi connectivity index (χ0n) is 43.9. The van der Waals surface area contributed by atoms with Crippen molar-refractivity contribution >= 4 is 118 Å². The van der Waals surface area contributed by atoms with Gasteiger partial charge in [0.25, 0.3) is 0 Å². The van der Waals surface area contributed by atoms with E-state index in [-0.39, 0.29) is 0 Å². The number of hydrogen-bond acceptors (Lipinski definition) is 0. The number of hydrogen-bond donors (Lipinski definition) is 0. The molecule has 0 saturated carbocycles. The van der Waals surface area contributed by atoms with Crippen LogP contribution in [0.4, 0.5) is 0 Å². The SMILES string of the molecule is Cc1cccc(-c2c3ccc(-n4c5ccc([Si](C)(C)C)cc5c5cc([Si](C)(C)C)ccc54)cc3c(-c3cccc(C)c3)c3ccc(-n4c5ccc([Si](C)(C)C)cc5c5cc([Si](C)(C)C)ccc54)cc23)c1. The van der Waals surface area contributed by atoms with Crippen LogP contribution < -0.4 is 20.7 Å². The summed E-state index contributed by atoms with van der Waals surface area (Å²) >= 11 is 0. The highest BCUT2D eigenvalue weighted by molar-refractivity contribution is 6.90. The van der Waals surface area contributed by atoms with Gasteiger partial charge in [-0.2, -0.15) is 0 Å². The van der Waals surface area contributed by atoms with Gasteiger partial charge in [-0.1, -0.05) is 220 Å². The standard InChI is InChI=1S/C64H68N2Si4/c1-41-17-15-19-43(33-41)63-51-27-21-46(66-61-31-25-49(69(9,10)11)39-55(61)56-40-50(70(12,13)14)26-32-62(56)66)36-58(51)64(44-20-16-18-42(2)34-44)52-28-22-45(35-57(52)63)65-59-29-23-47(67(3,4)5)37-53(59)54-38-48(68(6,7)8)24-30-60(54)65/h15-40H,1-14H3. The molecule has 0 aliphatic rings. The Morgan fingerprint density at radius 2 is 0.571 bits per heavy atom. The fraction of sp³-hybridized carbons (Fsp3) is 0.219. The maximum absolute atomic E-state index is 2.55. The minimum absolute atomic E-state index is 1.19. The molecule has 350 valence electrons. The van der Waals surface area contributed by atoms with Crippen LogP contribution >= 0.6 is 0 Å². The Bertz CT molecular complexity index is 3550. The van der Waals surface area contributed by atoms with Crippen molar-refractivity contribution in [3.63, 3.8) is 0 Å². The fourth-order valence-electron chi connectivity index (χ4n) is 11.2. The second-order valence-electron chi connectivity index (χ2n) is 24.5. The third-order valence-electron chi connectivity index (χ3n) is 15.2. The summed E-state index contributed by atoms with van der Waals surface area (Å²) in [5.74, 6) is 0. The molecule has 0 spiro atoms. The Labute approximate surface area is 419 Å². The molecule has 70 heavy (non-hydrogen) atoms. The summed E-state index contributed by atoms with van der Waals surface area (Å²) in [5, 5.41) is 16.5. The lowest BCUT2D eigenvalue weighted by Gasteiger charge is -2.21. The van der Waals surface area contributed by atoms with E-state index in [4.69, 9.17) is 0 Å². The molecule has 0 fully saturated rings. The van der Waals surface area contributed by atoms with E-state index in [0.29, 0.717) is 0 Å². The Morgan fingerprint density at radius 3 is 0.843 bits per heavy atom. The fourth-order valence-corrected chi connectivity index (χ4v) is 15.8. The summed E-state index contributed by atoms with van der Waals surface area (Å²) in [7, 11) is -6.32. The maximum Gasteiger partial charge on any atom is 0.0776 e. The molecule has 11 rings (SSSR count). The van der Waals surface area contributed by atoms with Crippen LogP contribution in [0.3, 0.4) is 0 Å². The van der Waals surface area contributed by atoms with Gasteiger partial charge in [-0.25, -0.2) is 0 Å². The highest BCUT2D eigenvalue weighted by Crippen LogP contribution is 2.47. The minimum Gasteiger partial charge on any atom is -0.309 e. The lowest BCUT2D eigenvalue weighted by molar-refractivity contribution is 1.18. The Morgan fingerprint density at radius 1 is 0.271 bits per heavy atom. The molecule has 2 nitrogen and oxygen atoms in total. The van der Waals surface area contributed by atoms with E-state index in [9.17, 15) is 0 Å². The summed E-state index contributed by atoms with van der Waals surface area (Å²) in [6.45, 7) is 34.0. The van der Waals surface area contributed by atoms with Crippen LogP contribution in [0, 0.1) is 13.8 Å². The van der Waals surface area contributed by atoms with Crippen molar-refractivity contribution in [3.8, 4) is 33.6 Å². The van der Waals surface area contributed by atoms with Gasteiger partial charge in [0.2, 0.25) is 0 Å². The molecule has 6 heteroatoms. The first-order chi connectivity index (χ1) is 33.0. The first-order valence-electron chi connectivity index (χ1n) is 25.4. The van der Waals surface area contributed by atoms with Gasteiger partial charge in [-0.15, -0.1) is 0 Å². The average Bonchev–Trinajstić information content (AvgIpc) is 3.81. The Balaban J connectivity index is 1.25. The summed E-state index contributed by atoms with van der Waals surface area (Å²) < 4.78 is 5.10. The van der Waals surface area contributed by atoms with Crippen LogP contribution in [0.25, 0.3) is 98.8 Å². The van der Waals surface area contributed by atoms with Gasteiger partial charge in [-0.3, -0.25) is 0 Å². The van der Waals surface area contributed by atoms with E-state index in [2.05, 4.69) is 259 Å². The lowest BCUT2D eigenvalue weighted by Crippen LogP contribution is -2.37. The van der Waals surface area contributed by atoms with E-state index < -0.39 is 32.3 Å². The molecule has 2 heterocycles. The second kappa shape index (κ2) is 16.3. The van der Waals surface area contributed by atoms with Gasteiger partial charge in [0, 0.05) is 32.9 Å². The van der Waals surface area contributed by atoms with Crippen LogP contribution in [0.15, 0.2) is 158 Å². The van der Waals surface area contributed by atoms with E-state index >= 15 is 0 Å². The van der Waals surface area contributed by atoms with Gasteiger partial charge in [0.05, 0.1) is 54.4 Å². The number of rotatable bonds is 8. The van der Waals surface area contributed by atoms with Gasteiger partial charge >= 0.3 is 0 Å². The normalized spacial score (nSPS) is 13.0. The molecule has 0 N–H and O–H groups in total. The van der Waals surface area contributed by atoms with Gasteiger partial charge < -0.3 is 9.13 Å². The zero-order valence-corrected chi connectivity index (χ0v) is 47.9. The molecule has 0 saturated heterocycles. The van der Waals surface area contributed by atoms with Crippen molar-refractivity contribution in [2.45, 2.75) is 92.4 Å². The van der Waals surface area contributed by atoms with Crippen LogP contribution in [-0.4, -0.2) is 41.4 Å². The summed E-state index contributed by atoms with van der Waals surface area (Å²) in [4.78, 5) is 0. The predicted molar refractivity (Wildman–Crippen MR) is 322 cm³/mol. The van der Waals surface area contributed by atoms with Crippen LogP contribution in [0.2, 0.25) is 78.6 Å². The third-order valence-corrected chi connectivity index (χ3v) is 23.4. The van der Waals surface area contributed by atoms with Gasteiger partial charge in [-0.05, 0) is 106 Å². The molecule has 0 unspecified atom stereocenters. The predicted octanol–water partition coefficient (Wildman–Crippen LogP) is 16.3. The average molecular weight is 978 g/mol. The highest BCUT2D eigenvalue weighted by Gasteiger charge is 2.26. The molecule has 0 bridgehead atoms. The van der Waals surface area contributed by atoms with Crippen LogP contribution in [0.5, 0.6) is 0 Å². The topological polar surface area (TPSA) is 9.86 Å². The molecule has 2 aromatic heterocycles. The number of benzene rings is 9.